The van der Waals surface area contributed by atoms with E-state index in [9.17, 15) is 9.59 Å². The number of carboxylic acid groups (broad SMARTS) is 1. The summed E-state index contributed by atoms with van der Waals surface area (Å²) >= 11 is 0. The van der Waals surface area contributed by atoms with Crippen molar-refractivity contribution in [3.05, 3.63) is 0 Å². The molecule has 0 saturated carbocycles. The Hall–Kier alpha value is -1.26. The average Bonchev–Trinajstić information content (AvgIpc) is 2.09. The van der Waals surface area contributed by atoms with Crippen molar-refractivity contribution in [1.29, 1.82) is 0 Å². The fourth-order valence-corrected chi connectivity index (χ4v) is 1.56. The molecule has 0 spiro atoms. The van der Waals surface area contributed by atoms with Gasteiger partial charge in [0.05, 0.1) is 0 Å². The normalized spacial score (nSPS) is 11.5. The Morgan fingerprint density at radius 3 is 2.00 bits per heavy atom. The van der Waals surface area contributed by atoms with Crippen LogP contribution in [0.5, 0.6) is 0 Å². The van der Waals surface area contributed by atoms with Gasteiger partial charge in [-0.05, 0) is 26.7 Å². The third kappa shape index (κ3) is 5.56. The summed E-state index contributed by atoms with van der Waals surface area (Å²) in [6.45, 7) is 9.87. The fourth-order valence-electron chi connectivity index (χ4n) is 1.56. The molecule has 0 saturated heterocycles. The van der Waals surface area contributed by atoms with E-state index in [0.717, 1.165) is 0 Å². The highest BCUT2D eigenvalue weighted by atomic mass is 16.4. The maximum Gasteiger partial charge on any atom is 0.323 e. The van der Waals surface area contributed by atoms with Crippen LogP contribution in [0.4, 0.5) is 4.79 Å². The molecule has 0 aromatic rings. The lowest BCUT2D eigenvalue weighted by Gasteiger charge is -2.37. The molecule has 0 unspecified atom stereocenters. The van der Waals surface area contributed by atoms with Crippen molar-refractivity contribution in [3.63, 3.8) is 0 Å². The average molecular weight is 244 g/mol. The monoisotopic (exact) mass is 244 g/mol. The molecule has 100 valence electrons. The number of hydrogen-bond acceptors (Lipinski definition) is 2. The molecule has 2 amide bonds. The van der Waals surface area contributed by atoms with Crippen LogP contribution in [0.25, 0.3) is 0 Å². The fraction of sp³-hybridized carbons (Fsp3) is 0.833. The molecule has 0 aromatic heterocycles. The molecule has 0 aliphatic heterocycles. The summed E-state index contributed by atoms with van der Waals surface area (Å²) in [7, 11) is 1.70. The van der Waals surface area contributed by atoms with Gasteiger partial charge in [-0.3, -0.25) is 4.79 Å². The van der Waals surface area contributed by atoms with E-state index in [1.165, 1.54) is 4.90 Å². The molecule has 0 fully saturated rings. The van der Waals surface area contributed by atoms with E-state index in [-0.39, 0.29) is 12.6 Å². The minimum Gasteiger partial charge on any atom is -0.480 e. The highest BCUT2D eigenvalue weighted by Gasteiger charge is 2.30. The smallest absolute Gasteiger partial charge is 0.323 e. The van der Waals surface area contributed by atoms with E-state index >= 15 is 0 Å². The molecule has 0 aromatic carbocycles. The molecule has 5 heteroatoms. The van der Waals surface area contributed by atoms with Crippen molar-refractivity contribution in [2.45, 2.75) is 40.2 Å². The van der Waals surface area contributed by atoms with Crippen molar-refractivity contribution in [1.82, 2.24) is 9.80 Å². The first-order valence-corrected chi connectivity index (χ1v) is 5.80. The zero-order chi connectivity index (χ0) is 13.8. The van der Waals surface area contributed by atoms with Crippen molar-refractivity contribution in [2.24, 2.45) is 5.92 Å². The van der Waals surface area contributed by atoms with Gasteiger partial charge in [-0.15, -0.1) is 0 Å². The first-order chi connectivity index (χ1) is 7.55. The van der Waals surface area contributed by atoms with Crippen molar-refractivity contribution < 1.29 is 14.7 Å². The van der Waals surface area contributed by atoms with Crippen LogP contribution < -0.4 is 0 Å². The molecule has 5 nitrogen and oxygen atoms in total. The van der Waals surface area contributed by atoms with E-state index in [1.807, 2.05) is 34.6 Å². The van der Waals surface area contributed by atoms with Gasteiger partial charge in [0.1, 0.15) is 6.54 Å². The Labute approximate surface area is 103 Å². The van der Waals surface area contributed by atoms with Crippen LogP contribution in [0.15, 0.2) is 0 Å². The van der Waals surface area contributed by atoms with Gasteiger partial charge < -0.3 is 14.9 Å². The lowest BCUT2D eigenvalue weighted by atomic mass is 10.1. The summed E-state index contributed by atoms with van der Waals surface area (Å²) in [6.07, 6.45) is 0. The maximum atomic E-state index is 12.1. The number of urea groups is 1. The summed E-state index contributed by atoms with van der Waals surface area (Å²) in [6, 6.07) is -0.242. The van der Waals surface area contributed by atoms with Gasteiger partial charge in [-0.1, -0.05) is 13.8 Å². The second-order valence-corrected chi connectivity index (χ2v) is 5.71. The summed E-state index contributed by atoms with van der Waals surface area (Å²) in [5.41, 5.74) is -0.499. The third-order valence-corrected chi connectivity index (χ3v) is 2.30. The molecule has 0 radical (unpaired) electrons. The van der Waals surface area contributed by atoms with Gasteiger partial charge in [0, 0.05) is 19.1 Å². The number of hydrogen-bond donors (Lipinski definition) is 1. The van der Waals surface area contributed by atoms with E-state index in [2.05, 4.69) is 0 Å². The zero-order valence-corrected chi connectivity index (χ0v) is 11.6. The second-order valence-electron chi connectivity index (χ2n) is 5.71. The molecule has 0 aliphatic carbocycles. The Bertz CT molecular complexity index is 282. The van der Waals surface area contributed by atoms with Gasteiger partial charge >= 0.3 is 12.0 Å². The van der Waals surface area contributed by atoms with E-state index < -0.39 is 11.5 Å². The van der Waals surface area contributed by atoms with Crippen LogP contribution in [-0.2, 0) is 4.79 Å². The standard InChI is InChI=1S/C12H24N2O3/c1-9(2)7-13(6)11(17)14(8-10(15)16)12(3,4)5/h9H,7-8H2,1-6H3,(H,15,16). The Morgan fingerprint density at radius 2 is 1.71 bits per heavy atom. The molecule has 1 N–H and O–H groups in total. The molecular weight excluding hydrogens is 220 g/mol. The number of amides is 2. The molecule has 0 atom stereocenters. The summed E-state index contributed by atoms with van der Waals surface area (Å²) in [4.78, 5) is 25.9. The molecule has 0 rings (SSSR count). The van der Waals surface area contributed by atoms with Crippen molar-refractivity contribution >= 4 is 12.0 Å². The van der Waals surface area contributed by atoms with Gasteiger partial charge in [-0.2, -0.15) is 0 Å². The molecule has 0 bridgehead atoms. The largest absolute Gasteiger partial charge is 0.480 e. The highest BCUT2D eigenvalue weighted by Crippen LogP contribution is 2.15. The number of carboxylic acids is 1. The minimum absolute atomic E-state index is 0.242. The van der Waals surface area contributed by atoms with E-state index in [0.29, 0.717) is 12.5 Å². The lowest BCUT2D eigenvalue weighted by Crippen LogP contribution is -2.53. The van der Waals surface area contributed by atoms with E-state index in [4.69, 9.17) is 5.11 Å². The van der Waals surface area contributed by atoms with Crippen LogP contribution in [-0.4, -0.2) is 52.6 Å². The zero-order valence-electron chi connectivity index (χ0n) is 11.6. The third-order valence-electron chi connectivity index (χ3n) is 2.30. The first kappa shape index (κ1) is 15.7. The number of rotatable bonds is 4. The number of carbonyl (C=O) groups is 2. The highest BCUT2D eigenvalue weighted by molar-refractivity contribution is 5.80. The predicted octanol–water partition coefficient (Wildman–Crippen LogP) is 1.88. The summed E-state index contributed by atoms with van der Waals surface area (Å²) in [5.74, 6) is -0.637. The molecule has 0 heterocycles. The summed E-state index contributed by atoms with van der Waals surface area (Å²) < 4.78 is 0. The molecule has 0 aliphatic rings. The van der Waals surface area contributed by atoms with Crippen LogP contribution in [0.1, 0.15) is 34.6 Å². The Balaban J connectivity index is 4.81. The number of aliphatic carboxylic acids is 1. The Morgan fingerprint density at radius 1 is 1.24 bits per heavy atom. The Kier molecular flexibility index (Phi) is 5.45. The molecule has 17 heavy (non-hydrogen) atoms. The van der Waals surface area contributed by atoms with Crippen LogP contribution in [0.2, 0.25) is 0 Å². The van der Waals surface area contributed by atoms with E-state index in [1.54, 1.807) is 11.9 Å². The topological polar surface area (TPSA) is 60.9 Å². The number of carbonyl (C=O) groups excluding carboxylic acids is 1. The van der Waals surface area contributed by atoms with Crippen LogP contribution >= 0.6 is 0 Å². The second kappa shape index (κ2) is 5.89. The van der Waals surface area contributed by atoms with Gasteiger partial charge in [0.15, 0.2) is 0 Å². The van der Waals surface area contributed by atoms with Crippen LogP contribution in [0, 0.1) is 5.92 Å². The summed E-state index contributed by atoms with van der Waals surface area (Å²) in [5, 5.41) is 8.85. The minimum atomic E-state index is -0.994. The lowest BCUT2D eigenvalue weighted by molar-refractivity contribution is -0.138. The van der Waals surface area contributed by atoms with Gasteiger partial charge in [0.2, 0.25) is 0 Å². The predicted molar refractivity (Wildman–Crippen MR) is 67.0 cm³/mol. The quantitative estimate of drug-likeness (QED) is 0.821. The molecular formula is C12H24N2O3. The maximum absolute atomic E-state index is 12.1. The number of nitrogens with zero attached hydrogens (tertiary/aromatic N) is 2. The first-order valence-electron chi connectivity index (χ1n) is 5.80. The van der Waals surface area contributed by atoms with Crippen molar-refractivity contribution in [2.75, 3.05) is 20.1 Å². The van der Waals surface area contributed by atoms with Crippen molar-refractivity contribution in [3.8, 4) is 0 Å². The van der Waals surface area contributed by atoms with Crippen LogP contribution in [0.3, 0.4) is 0 Å². The van der Waals surface area contributed by atoms with Gasteiger partial charge in [0.25, 0.3) is 0 Å². The van der Waals surface area contributed by atoms with Gasteiger partial charge in [-0.25, -0.2) is 4.79 Å². The SMILES string of the molecule is CC(C)CN(C)C(=O)N(CC(=O)O)C(C)(C)C.